The van der Waals surface area contributed by atoms with Crippen molar-refractivity contribution in [2.45, 2.75) is 39.0 Å². The van der Waals surface area contributed by atoms with Crippen molar-refractivity contribution < 1.29 is 43.4 Å². The predicted octanol–water partition coefficient (Wildman–Crippen LogP) is 1.82. The molecule has 1 aromatic heterocycles. The van der Waals surface area contributed by atoms with E-state index in [1.807, 2.05) is 0 Å². The van der Waals surface area contributed by atoms with Gasteiger partial charge >= 0.3 is 12.1 Å². The number of carboxylic acid groups (broad SMARTS) is 1. The fourth-order valence-electron chi connectivity index (χ4n) is 4.76. The SMILES string of the molecule is CC(C)(C)OC(=O)C(COc1ccc2nn(CC3(C(N)=O)CN(C(=O)O)C3)cc2c1)ON1C(=O)c2ccccc2C1=O. The lowest BCUT2D eigenvalue weighted by atomic mass is 9.79. The summed E-state index contributed by atoms with van der Waals surface area (Å²) in [6.07, 6.45) is -0.927. The molecule has 2 aromatic carbocycles. The van der Waals surface area contributed by atoms with E-state index in [9.17, 15) is 24.0 Å². The maximum absolute atomic E-state index is 13.0. The Balaban J connectivity index is 1.31. The lowest BCUT2D eigenvalue weighted by Gasteiger charge is -2.46. The number of hydrogen-bond acceptors (Lipinski definition) is 9. The van der Waals surface area contributed by atoms with Crippen LogP contribution in [0, 0.1) is 5.41 Å². The zero-order valence-electron chi connectivity index (χ0n) is 23.1. The number of primary amides is 1. The van der Waals surface area contributed by atoms with Crippen molar-refractivity contribution in [3.05, 3.63) is 59.8 Å². The lowest BCUT2D eigenvalue weighted by molar-refractivity contribution is -0.193. The second kappa shape index (κ2) is 10.4. The monoisotopic (exact) mass is 579 g/mol. The number of fused-ring (bicyclic) bond motifs is 2. The van der Waals surface area contributed by atoms with Gasteiger partial charge in [0, 0.05) is 24.7 Å². The van der Waals surface area contributed by atoms with Gasteiger partial charge in [-0.1, -0.05) is 12.1 Å². The van der Waals surface area contributed by atoms with Gasteiger partial charge < -0.3 is 25.2 Å². The van der Waals surface area contributed by atoms with Gasteiger partial charge in [-0.15, -0.1) is 5.06 Å². The Morgan fingerprint density at radius 3 is 2.29 bits per heavy atom. The molecule has 14 nitrogen and oxygen atoms in total. The normalized spacial score (nSPS) is 16.6. The number of carbonyl (C=O) groups is 5. The maximum atomic E-state index is 13.0. The van der Waals surface area contributed by atoms with E-state index in [0.717, 1.165) is 4.90 Å². The van der Waals surface area contributed by atoms with Crippen LogP contribution in [0.3, 0.4) is 0 Å². The van der Waals surface area contributed by atoms with Crippen LogP contribution in [0.25, 0.3) is 10.9 Å². The smallest absolute Gasteiger partial charge is 0.407 e. The van der Waals surface area contributed by atoms with Crippen molar-refractivity contribution in [3.8, 4) is 5.75 Å². The molecule has 3 N–H and O–H groups in total. The minimum atomic E-state index is -1.46. The Kier molecular flexibility index (Phi) is 7.10. The van der Waals surface area contributed by atoms with Gasteiger partial charge in [-0.05, 0) is 51.1 Å². The van der Waals surface area contributed by atoms with Crippen molar-refractivity contribution in [1.82, 2.24) is 19.7 Å². The highest BCUT2D eigenvalue weighted by Crippen LogP contribution is 2.33. The summed E-state index contributed by atoms with van der Waals surface area (Å²) in [6, 6.07) is 11.1. The van der Waals surface area contributed by atoms with Crippen LogP contribution in [0.5, 0.6) is 5.75 Å². The molecule has 0 spiro atoms. The highest BCUT2D eigenvalue weighted by atomic mass is 16.7. The predicted molar refractivity (Wildman–Crippen MR) is 144 cm³/mol. The zero-order valence-corrected chi connectivity index (χ0v) is 23.1. The molecule has 3 aromatic rings. The second-order valence-electron chi connectivity index (χ2n) is 11.2. The number of aromatic nitrogens is 2. The number of hydroxylamine groups is 2. The number of imide groups is 1. The molecule has 3 heterocycles. The number of nitrogens with two attached hydrogens (primary N) is 1. The third-order valence-corrected chi connectivity index (χ3v) is 6.83. The number of esters is 1. The van der Waals surface area contributed by atoms with Gasteiger partial charge in [0.05, 0.1) is 23.2 Å². The summed E-state index contributed by atoms with van der Waals surface area (Å²) in [5, 5.41) is 14.8. The summed E-state index contributed by atoms with van der Waals surface area (Å²) < 4.78 is 12.8. The van der Waals surface area contributed by atoms with Crippen LogP contribution >= 0.6 is 0 Å². The van der Waals surface area contributed by atoms with Crippen molar-refractivity contribution >= 4 is 40.7 Å². The molecule has 1 atom stereocenters. The molecular weight excluding hydrogens is 550 g/mol. The largest absolute Gasteiger partial charge is 0.490 e. The summed E-state index contributed by atoms with van der Waals surface area (Å²) in [5.41, 5.74) is 4.52. The first-order chi connectivity index (χ1) is 19.8. The van der Waals surface area contributed by atoms with E-state index in [2.05, 4.69) is 5.10 Å². The molecule has 0 saturated carbocycles. The van der Waals surface area contributed by atoms with E-state index in [0.29, 0.717) is 21.7 Å². The summed E-state index contributed by atoms with van der Waals surface area (Å²) in [4.78, 5) is 68.6. The molecule has 14 heteroatoms. The number of ether oxygens (including phenoxy) is 2. The Morgan fingerprint density at radius 1 is 1.07 bits per heavy atom. The van der Waals surface area contributed by atoms with Crippen LogP contribution in [-0.4, -0.2) is 86.0 Å². The summed E-state index contributed by atoms with van der Waals surface area (Å²) in [5.74, 6) is -2.53. The molecule has 0 bridgehead atoms. The van der Waals surface area contributed by atoms with E-state index in [4.69, 9.17) is 25.2 Å². The topological polar surface area (TPSA) is 184 Å². The van der Waals surface area contributed by atoms with Crippen LogP contribution in [0.4, 0.5) is 4.79 Å². The molecule has 2 aliphatic heterocycles. The number of benzene rings is 2. The molecule has 2 aliphatic rings. The van der Waals surface area contributed by atoms with Gasteiger partial charge in [-0.3, -0.25) is 19.1 Å². The number of carbonyl (C=O) groups excluding carboxylic acids is 4. The summed E-state index contributed by atoms with van der Waals surface area (Å²) in [6.45, 7) is 4.65. The number of rotatable bonds is 9. The molecular formula is C28H29N5O9. The molecule has 1 saturated heterocycles. The van der Waals surface area contributed by atoms with Crippen LogP contribution in [0.15, 0.2) is 48.7 Å². The zero-order chi connectivity index (χ0) is 30.4. The van der Waals surface area contributed by atoms with Gasteiger partial charge in [0.1, 0.15) is 23.4 Å². The van der Waals surface area contributed by atoms with Gasteiger partial charge in [-0.25, -0.2) is 14.4 Å². The highest BCUT2D eigenvalue weighted by molar-refractivity contribution is 6.20. The first-order valence-electron chi connectivity index (χ1n) is 13.0. The number of likely N-dealkylation sites (tertiary alicyclic amines) is 1. The fourth-order valence-corrected chi connectivity index (χ4v) is 4.76. The number of hydrogen-bond donors (Lipinski definition) is 2. The molecule has 0 aliphatic carbocycles. The van der Waals surface area contributed by atoms with Crippen molar-refractivity contribution in [2.24, 2.45) is 11.1 Å². The van der Waals surface area contributed by atoms with Crippen LogP contribution in [0.2, 0.25) is 0 Å². The van der Waals surface area contributed by atoms with E-state index in [-0.39, 0.29) is 30.8 Å². The quantitative estimate of drug-likeness (QED) is 0.280. The lowest BCUT2D eigenvalue weighted by Crippen LogP contribution is -2.65. The Morgan fingerprint density at radius 2 is 1.71 bits per heavy atom. The molecule has 1 fully saturated rings. The van der Waals surface area contributed by atoms with Gasteiger partial charge in [0.2, 0.25) is 12.0 Å². The van der Waals surface area contributed by atoms with Crippen molar-refractivity contribution in [1.29, 1.82) is 0 Å². The van der Waals surface area contributed by atoms with Crippen LogP contribution in [-0.2, 0) is 25.7 Å². The average molecular weight is 580 g/mol. The minimum absolute atomic E-state index is 0.0264. The Labute approximate surface area is 239 Å². The molecule has 5 rings (SSSR count). The Hall–Kier alpha value is -4.98. The van der Waals surface area contributed by atoms with Crippen molar-refractivity contribution in [3.63, 3.8) is 0 Å². The van der Waals surface area contributed by atoms with E-state index >= 15 is 0 Å². The second-order valence-corrected chi connectivity index (χ2v) is 11.2. The van der Waals surface area contributed by atoms with Gasteiger partial charge in [-0.2, -0.15) is 5.10 Å². The number of nitrogens with zero attached hydrogens (tertiary/aromatic N) is 4. The van der Waals surface area contributed by atoms with Gasteiger partial charge in [0.15, 0.2) is 0 Å². The number of amides is 4. The van der Waals surface area contributed by atoms with Crippen molar-refractivity contribution in [2.75, 3.05) is 19.7 Å². The highest BCUT2D eigenvalue weighted by Gasteiger charge is 2.50. The third kappa shape index (κ3) is 5.48. The van der Waals surface area contributed by atoms with E-state index in [1.165, 1.54) is 16.8 Å². The fraction of sp³-hybridized carbons (Fsp3) is 0.357. The summed E-state index contributed by atoms with van der Waals surface area (Å²) >= 11 is 0. The Bertz CT molecular complexity index is 1570. The average Bonchev–Trinajstić information content (AvgIpc) is 3.39. The van der Waals surface area contributed by atoms with Crippen LogP contribution < -0.4 is 10.5 Å². The maximum Gasteiger partial charge on any atom is 0.407 e. The third-order valence-electron chi connectivity index (χ3n) is 6.83. The van der Waals surface area contributed by atoms with E-state index in [1.54, 1.807) is 57.3 Å². The minimum Gasteiger partial charge on any atom is -0.490 e. The molecule has 42 heavy (non-hydrogen) atoms. The first-order valence-corrected chi connectivity index (χ1v) is 13.0. The van der Waals surface area contributed by atoms with Gasteiger partial charge in [0.25, 0.3) is 11.8 Å². The molecule has 4 amide bonds. The first kappa shape index (κ1) is 28.5. The molecule has 0 radical (unpaired) electrons. The standard InChI is InChI=1S/C28H29N5O9/c1-27(2,3)41-24(36)21(42-33-22(34)18-6-4-5-7-19(18)23(33)35)12-40-17-8-9-20-16(10-17)11-32(30-20)15-28(25(29)37)13-31(14-28)26(38)39/h4-11,21H,12-15H2,1-3H3,(H2,29,37)(H,38,39). The molecule has 1 unspecified atom stereocenters. The van der Waals surface area contributed by atoms with E-state index < -0.39 is 53.5 Å². The van der Waals surface area contributed by atoms with Crippen LogP contribution in [0.1, 0.15) is 41.5 Å². The molecule has 220 valence electrons. The summed E-state index contributed by atoms with van der Waals surface area (Å²) in [7, 11) is 0.